The largest absolute Gasteiger partial charge is 0.492 e. The normalized spacial score (nSPS) is 23.7. The zero-order valence-corrected chi connectivity index (χ0v) is 23.2. The SMILES string of the molecule is Cc1cccc(C[C@H]2NC(=O)[C@@H](C)N(C)C(=O)C3(CCCC3)NCCOc3ccccc3/C=C/CNC2=O)c1. The van der Waals surface area contributed by atoms with E-state index < -0.39 is 17.6 Å². The quantitative estimate of drug-likeness (QED) is 0.552. The first-order chi connectivity index (χ1) is 18.8. The van der Waals surface area contributed by atoms with Crippen molar-refractivity contribution in [3.8, 4) is 5.75 Å². The molecule has 2 aliphatic rings. The summed E-state index contributed by atoms with van der Waals surface area (Å²) < 4.78 is 6.06. The Labute approximate surface area is 231 Å². The summed E-state index contributed by atoms with van der Waals surface area (Å²) >= 11 is 0. The van der Waals surface area contributed by atoms with E-state index in [2.05, 4.69) is 16.0 Å². The summed E-state index contributed by atoms with van der Waals surface area (Å²) in [5, 5.41) is 9.32. The molecule has 1 fully saturated rings. The van der Waals surface area contributed by atoms with Gasteiger partial charge >= 0.3 is 0 Å². The van der Waals surface area contributed by atoms with Crippen LogP contribution in [0.2, 0.25) is 0 Å². The van der Waals surface area contributed by atoms with Crippen LogP contribution < -0.4 is 20.7 Å². The maximum atomic E-state index is 13.7. The fraction of sp³-hybridized carbons (Fsp3) is 0.452. The first-order valence-electron chi connectivity index (χ1n) is 13.8. The number of para-hydroxylation sites is 1. The van der Waals surface area contributed by atoms with Crippen molar-refractivity contribution in [3.05, 3.63) is 71.3 Å². The molecule has 0 saturated heterocycles. The number of benzene rings is 2. The van der Waals surface area contributed by atoms with Crippen LogP contribution in [-0.4, -0.2) is 67.0 Å². The second kappa shape index (κ2) is 12.9. The van der Waals surface area contributed by atoms with Crippen molar-refractivity contribution >= 4 is 23.8 Å². The minimum Gasteiger partial charge on any atom is -0.492 e. The first kappa shape index (κ1) is 28.4. The maximum Gasteiger partial charge on any atom is 0.243 e. The van der Waals surface area contributed by atoms with E-state index in [0.717, 1.165) is 35.3 Å². The Morgan fingerprint density at radius 2 is 1.79 bits per heavy atom. The van der Waals surface area contributed by atoms with Crippen LogP contribution in [0.1, 0.15) is 49.3 Å². The standard InChI is InChI=1S/C31H40N4O4/c1-22-10-8-11-24(20-22)21-26-29(37)32-17-9-13-25-12-4-5-14-27(25)39-19-18-33-31(15-6-7-16-31)30(38)35(3)23(2)28(36)34-26/h4-5,8-14,20,23,26,33H,6-7,15-19,21H2,1-3H3,(H,32,37)(H,34,36)/b13-9+/t23-,26-/m1/s1. The molecule has 3 N–H and O–H groups in total. The van der Waals surface area contributed by atoms with E-state index in [0.29, 0.717) is 39.0 Å². The lowest BCUT2D eigenvalue weighted by atomic mass is 9.94. The lowest BCUT2D eigenvalue weighted by Crippen LogP contribution is -2.61. The van der Waals surface area contributed by atoms with Crippen molar-refractivity contribution in [2.24, 2.45) is 0 Å². The van der Waals surface area contributed by atoms with Gasteiger partial charge in [0.25, 0.3) is 0 Å². The van der Waals surface area contributed by atoms with Crippen LogP contribution >= 0.6 is 0 Å². The third kappa shape index (κ3) is 7.06. The highest BCUT2D eigenvalue weighted by molar-refractivity contribution is 5.94. The summed E-state index contributed by atoms with van der Waals surface area (Å²) in [6.07, 6.45) is 7.44. The molecule has 0 bridgehead atoms. The Morgan fingerprint density at radius 1 is 1.03 bits per heavy atom. The molecule has 1 saturated carbocycles. The minimum atomic E-state index is -0.785. The number of carbonyl (C=O) groups is 3. The van der Waals surface area contributed by atoms with E-state index >= 15 is 0 Å². The van der Waals surface area contributed by atoms with Gasteiger partial charge in [-0.3, -0.25) is 19.7 Å². The summed E-state index contributed by atoms with van der Waals surface area (Å²) in [6, 6.07) is 14.1. The zero-order chi connectivity index (χ0) is 27.8. The number of nitrogens with zero attached hydrogens (tertiary/aromatic N) is 1. The van der Waals surface area contributed by atoms with Crippen molar-refractivity contribution in [2.75, 3.05) is 26.7 Å². The Hall–Kier alpha value is -3.65. The number of hydrogen-bond acceptors (Lipinski definition) is 5. The molecule has 1 aliphatic carbocycles. The topological polar surface area (TPSA) is 99.8 Å². The van der Waals surface area contributed by atoms with Crippen LogP contribution in [0.25, 0.3) is 6.08 Å². The average molecular weight is 533 g/mol. The van der Waals surface area contributed by atoms with Crippen LogP contribution in [0.5, 0.6) is 5.75 Å². The fourth-order valence-corrected chi connectivity index (χ4v) is 5.38. The van der Waals surface area contributed by atoms with Gasteiger partial charge in [-0.05, 0) is 38.3 Å². The molecule has 4 rings (SSSR count). The van der Waals surface area contributed by atoms with E-state index in [4.69, 9.17) is 4.74 Å². The lowest BCUT2D eigenvalue weighted by Gasteiger charge is -2.36. The van der Waals surface area contributed by atoms with Gasteiger partial charge < -0.3 is 20.3 Å². The summed E-state index contributed by atoms with van der Waals surface area (Å²) in [4.78, 5) is 41.9. The molecule has 39 heavy (non-hydrogen) atoms. The molecular weight excluding hydrogens is 492 g/mol. The van der Waals surface area contributed by atoms with E-state index in [-0.39, 0.29) is 17.7 Å². The van der Waals surface area contributed by atoms with E-state index in [1.165, 1.54) is 4.90 Å². The highest BCUT2D eigenvalue weighted by Crippen LogP contribution is 2.32. The van der Waals surface area contributed by atoms with Gasteiger partial charge in [0.15, 0.2) is 0 Å². The molecule has 1 heterocycles. The minimum absolute atomic E-state index is 0.105. The molecule has 2 aromatic carbocycles. The molecule has 0 unspecified atom stereocenters. The van der Waals surface area contributed by atoms with Gasteiger partial charge in [0.1, 0.15) is 24.4 Å². The molecule has 2 atom stereocenters. The Morgan fingerprint density at radius 3 is 2.56 bits per heavy atom. The highest BCUT2D eigenvalue weighted by atomic mass is 16.5. The Bertz CT molecular complexity index is 1200. The predicted molar refractivity (Wildman–Crippen MR) is 152 cm³/mol. The maximum absolute atomic E-state index is 13.7. The third-order valence-electron chi connectivity index (χ3n) is 7.74. The summed E-state index contributed by atoms with van der Waals surface area (Å²) in [7, 11) is 1.67. The van der Waals surface area contributed by atoms with E-state index in [1.807, 2.05) is 67.6 Å². The van der Waals surface area contributed by atoms with Crippen molar-refractivity contribution in [3.63, 3.8) is 0 Å². The fourth-order valence-electron chi connectivity index (χ4n) is 5.38. The number of amides is 3. The van der Waals surface area contributed by atoms with Gasteiger partial charge in [-0.25, -0.2) is 0 Å². The lowest BCUT2D eigenvalue weighted by molar-refractivity contribution is -0.144. The van der Waals surface area contributed by atoms with Gasteiger partial charge in [0, 0.05) is 32.1 Å². The van der Waals surface area contributed by atoms with Crippen LogP contribution in [0, 0.1) is 6.92 Å². The van der Waals surface area contributed by atoms with Crippen molar-refractivity contribution in [1.82, 2.24) is 20.9 Å². The molecule has 1 aliphatic heterocycles. The molecule has 8 heteroatoms. The number of fused-ring (bicyclic) bond motifs is 1. The number of likely N-dealkylation sites (N-methyl/N-ethyl adjacent to an activating group) is 1. The van der Waals surface area contributed by atoms with Gasteiger partial charge in [0.2, 0.25) is 17.7 Å². The molecule has 8 nitrogen and oxygen atoms in total. The van der Waals surface area contributed by atoms with Gasteiger partial charge in [0.05, 0.1) is 5.54 Å². The molecule has 3 amide bonds. The molecule has 2 aromatic rings. The predicted octanol–water partition coefficient (Wildman–Crippen LogP) is 2.99. The monoisotopic (exact) mass is 532 g/mol. The first-order valence-corrected chi connectivity index (χ1v) is 13.8. The average Bonchev–Trinajstić information content (AvgIpc) is 3.42. The molecule has 0 radical (unpaired) electrons. The third-order valence-corrected chi connectivity index (χ3v) is 7.74. The van der Waals surface area contributed by atoms with Crippen molar-refractivity contribution < 1.29 is 19.1 Å². The van der Waals surface area contributed by atoms with Crippen molar-refractivity contribution in [2.45, 2.75) is 63.6 Å². The molecule has 0 aromatic heterocycles. The Balaban J connectivity index is 1.61. The van der Waals surface area contributed by atoms with Gasteiger partial charge in [-0.2, -0.15) is 0 Å². The zero-order valence-electron chi connectivity index (χ0n) is 23.2. The molecule has 208 valence electrons. The number of carbonyl (C=O) groups excluding carboxylic acids is 3. The second-order valence-corrected chi connectivity index (χ2v) is 10.6. The molecule has 1 spiro atoms. The van der Waals surface area contributed by atoms with Gasteiger partial charge in [-0.1, -0.05) is 73.0 Å². The van der Waals surface area contributed by atoms with Crippen LogP contribution in [0.15, 0.2) is 54.6 Å². The second-order valence-electron chi connectivity index (χ2n) is 10.6. The van der Waals surface area contributed by atoms with Gasteiger partial charge in [-0.15, -0.1) is 0 Å². The summed E-state index contributed by atoms with van der Waals surface area (Å²) in [5.41, 5.74) is 2.20. The molecular formula is C31H40N4O4. The smallest absolute Gasteiger partial charge is 0.243 e. The van der Waals surface area contributed by atoms with Crippen LogP contribution in [0.3, 0.4) is 0 Å². The van der Waals surface area contributed by atoms with Crippen LogP contribution in [-0.2, 0) is 20.8 Å². The highest BCUT2D eigenvalue weighted by Gasteiger charge is 2.44. The van der Waals surface area contributed by atoms with E-state index in [1.54, 1.807) is 14.0 Å². The number of rotatable bonds is 2. The van der Waals surface area contributed by atoms with Crippen LogP contribution in [0.4, 0.5) is 0 Å². The number of nitrogens with one attached hydrogen (secondary N) is 3. The Kier molecular flexibility index (Phi) is 9.41. The summed E-state index contributed by atoms with van der Waals surface area (Å²) in [5.74, 6) is -0.00658. The summed E-state index contributed by atoms with van der Waals surface area (Å²) in [6.45, 7) is 4.90. The number of hydrogen-bond donors (Lipinski definition) is 3. The number of ether oxygens (including phenoxy) is 1. The number of aryl methyl sites for hydroxylation is 1. The van der Waals surface area contributed by atoms with E-state index in [9.17, 15) is 14.4 Å². The van der Waals surface area contributed by atoms with Crippen molar-refractivity contribution in [1.29, 1.82) is 0 Å².